The van der Waals surface area contributed by atoms with Crippen molar-refractivity contribution in [2.75, 3.05) is 32.7 Å². The maximum Gasteiger partial charge on any atom is 0.317 e. The smallest absolute Gasteiger partial charge is 0.317 e. The summed E-state index contributed by atoms with van der Waals surface area (Å²) in [7, 11) is 0. The highest BCUT2D eigenvalue weighted by molar-refractivity contribution is 5.74. The minimum absolute atomic E-state index is 0.0378. The van der Waals surface area contributed by atoms with Gasteiger partial charge in [-0.05, 0) is 12.5 Å². The van der Waals surface area contributed by atoms with E-state index in [9.17, 15) is 9.18 Å². The predicted octanol–water partition coefficient (Wildman–Crippen LogP) is 1.33. The van der Waals surface area contributed by atoms with Crippen molar-refractivity contribution < 1.29 is 9.18 Å². The quantitative estimate of drug-likeness (QED) is 0.802. The molecule has 25 heavy (non-hydrogen) atoms. The van der Waals surface area contributed by atoms with Crippen LogP contribution in [0.5, 0.6) is 0 Å². The van der Waals surface area contributed by atoms with Crippen LogP contribution in [-0.2, 0) is 13.1 Å². The van der Waals surface area contributed by atoms with Gasteiger partial charge in [-0.3, -0.25) is 9.58 Å². The molecule has 2 heterocycles. The number of aromatic nitrogens is 3. The Bertz CT molecular complexity index is 670. The topological polar surface area (TPSA) is 66.3 Å². The minimum Gasteiger partial charge on any atom is -0.338 e. The molecule has 0 aliphatic carbocycles. The van der Waals surface area contributed by atoms with Gasteiger partial charge in [0.2, 0.25) is 0 Å². The molecule has 1 N–H and O–H groups in total. The lowest BCUT2D eigenvalue weighted by Gasteiger charge is -2.34. The molecule has 1 saturated heterocycles. The molecule has 0 radical (unpaired) electrons. The summed E-state index contributed by atoms with van der Waals surface area (Å²) in [5.74, 6) is -0.171. The first-order valence-corrected chi connectivity index (χ1v) is 8.53. The fourth-order valence-corrected chi connectivity index (χ4v) is 2.87. The number of nitrogens with one attached hydrogen (secondary N) is 1. The van der Waals surface area contributed by atoms with E-state index in [1.165, 1.54) is 12.4 Å². The molecule has 0 saturated carbocycles. The summed E-state index contributed by atoms with van der Waals surface area (Å²) < 4.78 is 15.5. The van der Waals surface area contributed by atoms with Crippen LogP contribution in [0, 0.1) is 5.82 Å². The number of hydrogen-bond donors (Lipinski definition) is 1. The van der Waals surface area contributed by atoms with Gasteiger partial charge < -0.3 is 10.2 Å². The summed E-state index contributed by atoms with van der Waals surface area (Å²) in [5.41, 5.74) is 0.702. The molecule has 0 bridgehead atoms. The van der Waals surface area contributed by atoms with Gasteiger partial charge in [0.15, 0.2) is 0 Å². The first kappa shape index (κ1) is 17.3. The standard InChI is InChI=1S/C17H23FN6O/c18-16-5-2-1-4-15(16)12-22-8-10-23(11-9-22)17(25)20-6-3-7-24-14-19-13-21-24/h1-2,4-5,13-14H,3,6-12H2,(H,20,25). The Balaban J connectivity index is 1.35. The highest BCUT2D eigenvalue weighted by Gasteiger charge is 2.21. The third-order valence-corrected chi connectivity index (χ3v) is 4.32. The van der Waals surface area contributed by atoms with Crippen LogP contribution >= 0.6 is 0 Å². The van der Waals surface area contributed by atoms with Crippen LogP contribution in [0.3, 0.4) is 0 Å². The van der Waals surface area contributed by atoms with Gasteiger partial charge in [0, 0.05) is 51.4 Å². The largest absolute Gasteiger partial charge is 0.338 e. The summed E-state index contributed by atoms with van der Waals surface area (Å²) >= 11 is 0. The molecule has 0 spiro atoms. The zero-order chi connectivity index (χ0) is 17.5. The Morgan fingerprint density at radius 2 is 2.00 bits per heavy atom. The lowest BCUT2D eigenvalue weighted by molar-refractivity contribution is 0.134. The van der Waals surface area contributed by atoms with Crippen molar-refractivity contribution in [3.63, 3.8) is 0 Å². The normalized spacial score (nSPS) is 15.3. The third kappa shape index (κ3) is 4.99. The van der Waals surface area contributed by atoms with Gasteiger partial charge in [-0.1, -0.05) is 18.2 Å². The maximum absolute atomic E-state index is 13.7. The average Bonchev–Trinajstić information content (AvgIpc) is 3.15. The summed E-state index contributed by atoms with van der Waals surface area (Å²) in [6.45, 7) is 4.74. The van der Waals surface area contributed by atoms with Crippen molar-refractivity contribution >= 4 is 6.03 Å². The minimum atomic E-state index is -0.171. The third-order valence-electron chi connectivity index (χ3n) is 4.32. The molecular formula is C17H23FN6O. The van der Waals surface area contributed by atoms with E-state index in [0.717, 1.165) is 26.1 Å². The molecule has 0 atom stereocenters. The van der Waals surface area contributed by atoms with Crippen LogP contribution in [0.4, 0.5) is 9.18 Å². The van der Waals surface area contributed by atoms with Crippen molar-refractivity contribution in [1.82, 2.24) is 29.9 Å². The molecule has 2 amide bonds. The van der Waals surface area contributed by atoms with Crippen molar-refractivity contribution in [1.29, 1.82) is 0 Å². The number of rotatable bonds is 6. The van der Waals surface area contributed by atoms with Crippen LogP contribution in [0.15, 0.2) is 36.9 Å². The lowest BCUT2D eigenvalue weighted by Crippen LogP contribution is -2.51. The van der Waals surface area contributed by atoms with E-state index < -0.39 is 0 Å². The molecule has 3 rings (SSSR count). The number of hydrogen-bond acceptors (Lipinski definition) is 4. The van der Waals surface area contributed by atoms with Crippen molar-refractivity contribution in [3.05, 3.63) is 48.3 Å². The molecule has 1 aromatic carbocycles. The van der Waals surface area contributed by atoms with Gasteiger partial charge in [-0.15, -0.1) is 0 Å². The van der Waals surface area contributed by atoms with Gasteiger partial charge in [-0.25, -0.2) is 14.2 Å². The molecule has 1 aromatic heterocycles. The zero-order valence-corrected chi connectivity index (χ0v) is 14.1. The Kier molecular flexibility index (Phi) is 5.95. The van der Waals surface area contributed by atoms with Crippen LogP contribution in [0.1, 0.15) is 12.0 Å². The molecule has 0 unspecified atom stereocenters. The molecule has 1 fully saturated rings. The molecule has 7 nitrogen and oxygen atoms in total. The number of aryl methyl sites for hydroxylation is 1. The first-order chi connectivity index (χ1) is 12.2. The zero-order valence-electron chi connectivity index (χ0n) is 14.1. The Labute approximate surface area is 146 Å². The number of carbonyl (C=O) groups is 1. The summed E-state index contributed by atoms with van der Waals surface area (Å²) in [6, 6.07) is 6.80. The average molecular weight is 346 g/mol. The van der Waals surface area contributed by atoms with E-state index in [1.54, 1.807) is 17.1 Å². The van der Waals surface area contributed by atoms with E-state index in [-0.39, 0.29) is 11.8 Å². The van der Waals surface area contributed by atoms with Crippen LogP contribution < -0.4 is 5.32 Å². The number of carbonyl (C=O) groups excluding carboxylic acids is 1. The molecule has 1 aliphatic heterocycles. The molecule has 8 heteroatoms. The van der Waals surface area contributed by atoms with Crippen LogP contribution in [0.2, 0.25) is 0 Å². The molecule has 2 aromatic rings. The summed E-state index contributed by atoms with van der Waals surface area (Å²) in [4.78, 5) is 20.0. The second kappa shape index (κ2) is 8.57. The number of amides is 2. The van der Waals surface area contributed by atoms with Crippen LogP contribution in [-0.4, -0.2) is 63.3 Å². The Morgan fingerprint density at radius 1 is 1.20 bits per heavy atom. The number of halogens is 1. The molecule has 134 valence electrons. The predicted molar refractivity (Wildman–Crippen MR) is 91.3 cm³/mol. The van der Waals surface area contributed by atoms with Crippen molar-refractivity contribution in [3.8, 4) is 0 Å². The molecule has 1 aliphatic rings. The van der Waals surface area contributed by atoms with E-state index in [0.29, 0.717) is 31.7 Å². The number of benzene rings is 1. The molecular weight excluding hydrogens is 323 g/mol. The lowest BCUT2D eigenvalue weighted by atomic mass is 10.2. The Morgan fingerprint density at radius 3 is 2.72 bits per heavy atom. The highest BCUT2D eigenvalue weighted by Crippen LogP contribution is 2.12. The SMILES string of the molecule is O=C(NCCCn1cncn1)N1CCN(Cc2ccccc2F)CC1. The fourth-order valence-electron chi connectivity index (χ4n) is 2.87. The summed E-state index contributed by atoms with van der Waals surface area (Å²) in [5, 5.41) is 6.96. The van der Waals surface area contributed by atoms with Gasteiger partial charge in [0.05, 0.1) is 0 Å². The van der Waals surface area contributed by atoms with E-state index in [4.69, 9.17) is 0 Å². The van der Waals surface area contributed by atoms with Gasteiger partial charge in [0.1, 0.15) is 18.5 Å². The number of urea groups is 1. The second-order valence-electron chi connectivity index (χ2n) is 6.10. The summed E-state index contributed by atoms with van der Waals surface area (Å²) in [6.07, 6.45) is 3.97. The van der Waals surface area contributed by atoms with E-state index in [1.807, 2.05) is 17.0 Å². The highest BCUT2D eigenvalue weighted by atomic mass is 19.1. The van der Waals surface area contributed by atoms with E-state index >= 15 is 0 Å². The monoisotopic (exact) mass is 346 g/mol. The van der Waals surface area contributed by atoms with Crippen LogP contribution in [0.25, 0.3) is 0 Å². The number of nitrogens with zero attached hydrogens (tertiary/aromatic N) is 5. The number of piperazine rings is 1. The maximum atomic E-state index is 13.7. The Hall–Kier alpha value is -2.48. The van der Waals surface area contributed by atoms with Gasteiger partial charge in [-0.2, -0.15) is 5.10 Å². The van der Waals surface area contributed by atoms with Crippen molar-refractivity contribution in [2.45, 2.75) is 19.5 Å². The van der Waals surface area contributed by atoms with E-state index in [2.05, 4.69) is 20.3 Å². The second-order valence-corrected chi connectivity index (χ2v) is 6.10. The first-order valence-electron chi connectivity index (χ1n) is 8.53. The van der Waals surface area contributed by atoms with Gasteiger partial charge >= 0.3 is 6.03 Å². The van der Waals surface area contributed by atoms with Gasteiger partial charge in [0.25, 0.3) is 0 Å². The fraction of sp³-hybridized carbons (Fsp3) is 0.471. The van der Waals surface area contributed by atoms with Crippen molar-refractivity contribution in [2.24, 2.45) is 0 Å².